The predicted octanol–water partition coefficient (Wildman–Crippen LogP) is 1.30. The van der Waals surface area contributed by atoms with Gasteiger partial charge < -0.3 is 5.32 Å². The minimum Gasteiger partial charge on any atom is -0.378 e. The summed E-state index contributed by atoms with van der Waals surface area (Å²) in [5, 5.41) is 19.8. The van der Waals surface area contributed by atoms with Crippen molar-refractivity contribution in [3.63, 3.8) is 0 Å². The molecule has 80 valence electrons. The number of hydrogen-bond acceptors (Lipinski definition) is 4. The van der Waals surface area contributed by atoms with E-state index in [1.165, 1.54) is 0 Å². The number of benzene rings is 1. The molecule has 5 heteroatoms. The van der Waals surface area contributed by atoms with Gasteiger partial charge in [0.05, 0.1) is 17.8 Å². The van der Waals surface area contributed by atoms with E-state index in [0.29, 0.717) is 12.1 Å². The number of rotatable bonds is 3. The first-order valence-corrected chi connectivity index (χ1v) is 4.88. The van der Waals surface area contributed by atoms with Crippen LogP contribution in [0.3, 0.4) is 0 Å². The summed E-state index contributed by atoms with van der Waals surface area (Å²) in [5.74, 6) is 0. The molecule has 0 saturated carbocycles. The second kappa shape index (κ2) is 4.45. The first kappa shape index (κ1) is 10.2. The number of hydrogen-bond donors (Lipinski definition) is 1. The van der Waals surface area contributed by atoms with Gasteiger partial charge in [-0.25, -0.2) is 0 Å². The average Bonchev–Trinajstić information content (AvgIpc) is 2.73. The van der Waals surface area contributed by atoms with Gasteiger partial charge in [0.1, 0.15) is 11.8 Å². The van der Waals surface area contributed by atoms with Gasteiger partial charge in [0.15, 0.2) is 0 Å². The lowest BCUT2D eigenvalue weighted by atomic mass is 10.2. The molecule has 0 aliphatic rings. The normalized spacial score (nSPS) is 9.75. The highest BCUT2D eigenvalue weighted by Gasteiger charge is 2.01. The molecule has 16 heavy (non-hydrogen) atoms. The van der Waals surface area contributed by atoms with Crippen molar-refractivity contribution in [1.82, 2.24) is 15.0 Å². The molecular formula is C11H11N5. The lowest BCUT2D eigenvalue weighted by molar-refractivity contribution is 0.713. The van der Waals surface area contributed by atoms with Crippen LogP contribution in [0.25, 0.3) is 0 Å². The second-order valence-corrected chi connectivity index (χ2v) is 3.39. The summed E-state index contributed by atoms with van der Waals surface area (Å²) in [6, 6.07) is 9.51. The predicted molar refractivity (Wildman–Crippen MR) is 59.5 cm³/mol. The third kappa shape index (κ3) is 2.17. The number of para-hydroxylation sites is 1. The Morgan fingerprint density at radius 1 is 1.44 bits per heavy atom. The Kier molecular flexibility index (Phi) is 2.83. The quantitative estimate of drug-likeness (QED) is 0.834. The van der Waals surface area contributed by atoms with Gasteiger partial charge in [-0.2, -0.15) is 5.26 Å². The van der Waals surface area contributed by atoms with Crippen molar-refractivity contribution in [2.24, 2.45) is 7.05 Å². The number of nitriles is 1. The first-order valence-electron chi connectivity index (χ1n) is 4.88. The van der Waals surface area contributed by atoms with Crippen LogP contribution in [0.4, 0.5) is 5.69 Å². The molecule has 0 fully saturated rings. The van der Waals surface area contributed by atoms with Crippen molar-refractivity contribution < 1.29 is 0 Å². The smallest absolute Gasteiger partial charge is 0.102 e. The van der Waals surface area contributed by atoms with Crippen LogP contribution in [-0.2, 0) is 13.6 Å². The highest BCUT2D eigenvalue weighted by molar-refractivity contribution is 5.57. The Balaban J connectivity index is 2.08. The van der Waals surface area contributed by atoms with Gasteiger partial charge in [-0.1, -0.05) is 17.3 Å². The second-order valence-electron chi connectivity index (χ2n) is 3.39. The summed E-state index contributed by atoms with van der Waals surface area (Å²) in [4.78, 5) is 0. The topological polar surface area (TPSA) is 66.5 Å². The van der Waals surface area contributed by atoms with Gasteiger partial charge >= 0.3 is 0 Å². The number of aromatic nitrogens is 3. The molecule has 0 amide bonds. The average molecular weight is 213 g/mol. The zero-order valence-electron chi connectivity index (χ0n) is 8.88. The Labute approximate surface area is 93.3 Å². The van der Waals surface area contributed by atoms with E-state index in [4.69, 9.17) is 5.26 Å². The fraction of sp³-hybridized carbons (Fsp3) is 0.182. The Hall–Kier alpha value is -2.35. The van der Waals surface area contributed by atoms with E-state index in [9.17, 15) is 0 Å². The van der Waals surface area contributed by atoms with Crippen LogP contribution in [0, 0.1) is 11.3 Å². The minimum absolute atomic E-state index is 0.562. The van der Waals surface area contributed by atoms with E-state index in [1.54, 1.807) is 10.7 Å². The van der Waals surface area contributed by atoms with E-state index in [1.807, 2.05) is 31.4 Å². The minimum atomic E-state index is 0.562. The van der Waals surface area contributed by atoms with Crippen LogP contribution in [0.5, 0.6) is 0 Å². The third-order valence-electron chi connectivity index (χ3n) is 2.16. The fourth-order valence-electron chi connectivity index (χ4n) is 1.40. The molecule has 1 N–H and O–H groups in total. The van der Waals surface area contributed by atoms with E-state index >= 15 is 0 Å². The molecule has 2 rings (SSSR count). The lowest BCUT2D eigenvalue weighted by Crippen LogP contribution is -2.01. The van der Waals surface area contributed by atoms with E-state index in [-0.39, 0.29) is 0 Å². The number of aryl methyl sites for hydroxylation is 1. The van der Waals surface area contributed by atoms with Crippen LogP contribution < -0.4 is 5.32 Å². The van der Waals surface area contributed by atoms with Crippen molar-refractivity contribution in [2.45, 2.75) is 6.54 Å². The highest BCUT2D eigenvalue weighted by atomic mass is 15.4. The summed E-state index contributed by atoms with van der Waals surface area (Å²) in [6.45, 7) is 0.562. The highest BCUT2D eigenvalue weighted by Crippen LogP contribution is 2.14. The fourth-order valence-corrected chi connectivity index (χ4v) is 1.40. The summed E-state index contributed by atoms with van der Waals surface area (Å²) >= 11 is 0. The van der Waals surface area contributed by atoms with Gasteiger partial charge in [0.25, 0.3) is 0 Å². The zero-order valence-corrected chi connectivity index (χ0v) is 8.88. The van der Waals surface area contributed by atoms with Crippen molar-refractivity contribution in [3.05, 3.63) is 41.7 Å². The summed E-state index contributed by atoms with van der Waals surface area (Å²) < 4.78 is 1.65. The Morgan fingerprint density at radius 3 is 2.94 bits per heavy atom. The molecule has 5 nitrogen and oxygen atoms in total. The molecule has 0 aliphatic carbocycles. The van der Waals surface area contributed by atoms with Crippen LogP contribution in [-0.4, -0.2) is 15.0 Å². The van der Waals surface area contributed by atoms with Crippen molar-refractivity contribution >= 4 is 5.69 Å². The summed E-state index contributed by atoms with van der Waals surface area (Å²) in [5.41, 5.74) is 2.29. The molecular weight excluding hydrogens is 202 g/mol. The van der Waals surface area contributed by atoms with Crippen LogP contribution in [0.15, 0.2) is 30.5 Å². The van der Waals surface area contributed by atoms with Gasteiger partial charge in [-0.05, 0) is 12.1 Å². The molecule has 0 bridgehead atoms. The third-order valence-corrected chi connectivity index (χ3v) is 2.16. The number of nitrogens with one attached hydrogen (secondary N) is 1. The van der Waals surface area contributed by atoms with Crippen LogP contribution >= 0.6 is 0 Å². The maximum absolute atomic E-state index is 8.90. The maximum atomic E-state index is 8.90. The molecule has 1 heterocycles. The Bertz CT molecular complexity index is 523. The van der Waals surface area contributed by atoms with Crippen LogP contribution in [0.1, 0.15) is 11.3 Å². The molecule has 1 aromatic heterocycles. The van der Waals surface area contributed by atoms with E-state index < -0.39 is 0 Å². The zero-order chi connectivity index (χ0) is 11.4. The largest absolute Gasteiger partial charge is 0.378 e. The lowest BCUT2D eigenvalue weighted by Gasteiger charge is -2.05. The van der Waals surface area contributed by atoms with Crippen LogP contribution in [0.2, 0.25) is 0 Å². The summed E-state index contributed by atoms with van der Waals surface area (Å²) in [6.07, 6.45) is 1.84. The Morgan fingerprint density at radius 2 is 2.25 bits per heavy atom. The van der Waals surface area contributed by atoms with Gasteiger partial charge in [0, 0.05) is 13.2 Å². The maximum Gasteiger partial charge on any atom is 0.102 e. The molecule has 0 aliphatic heterocycles. The number of anilines is 1. The first-order chi connectivity index (χ1) is 7.79. The van der Waals surface area contributed by atoms with E-state index in [2.05, 4.69) is 21.7 Å². The molecule has 0 unspecified atom stereocenters. The van der Waals surface area contributed by atoms with Gasteiger partial charge in [-0.3, -0.25) is 4.68 Å². The van der Waals surface area contributed by atoms with Crippen molar-refractivity contribution in [1.29, 1.82) is 5.26 Å². The molecule has 2 aromatic rings. The molecule has 1 aromatic carbocycles. The molecule has 0 radical (unpaired) electrons. The van der Waals surface area contributed by atoms with Crippen molar-refractivity contribution in [3.8, 4) is 6.07 Å². The monoisotopic (exact) mass is 213 g/mol. The SMILES string of the molecule is Cn1cc(CNc2ccccc2C#N)nn1. The van der Waals surface area contributed by atoms with Gasteiger partial charge in [-0.15, -0.1) is 5.10 Å². The van der Waals surface area contributed by atoms with E-state index in [0.717, 1.165) is 11.4 Å². The molecule has 0 saturated heterocycles. The van der Waals surface area contributed by atoms with Gasteiger partial charge in [0.2, 0.25) is 0 Å². The summed E-state index contributed by atoms with van der Waals surface area (Å²) in [7, 11) is 1.82. The molecule has 0 atom stereocenters. The standard InChI is InChI=1S/C11H11N5/c1-16-8-10(14-15-16)7-13-11-5-3-2-4-9(11)6-12/h2-5,8,13H,7H2,1H3. The van der Waals surface area contributed by atoms with Crippen molar-refractivity contribution in [2.75, 3.05) is 5.32 Å². The number of nitrogens with zero attached hydrogens (tertiary/aromatic N) is 4. The molecule has 0 spiro atoms.